The number of ketones is 2. The van der Waals surface area contributed by atoms with Crippen molar-refractivity contribution in [3.05, 3.63) is 121 Å². The lowest BCUT2D eigenvalue weighted by molar-refractivity contribution is 0.0934. The first-order valence-electron chi connectivity index (χ1n) is 16.4. The molecule has 1 unspecified atom stereocenters. The molecule has 7 heteroatoms. The summed E-state index contributed by atoms with van der Waals surface area (Å²) >= 11 is 24.8. The molecule has 6 rings (SSSR count). The van der Waals surface area contributed by atoms with Crippen molar-refractivity contribution in [1.29, 1.82) is 0 Å². The van der Waals surface area contributed by atoms with Crippen LogP contribution in [0.2, 0.25) is 20.1 Å². The molecule has 0 saturated carbocycles. The van der Waals surface area contributed by atoms with Gasteiger partial charge in [0.2, 0.25) is 0 Å². The molecule has 0 spiro atoms. The molecule has 1 atom stereocenters. The second-order valence-electron chi connectivity index (χ2n) is 12.0. The molecular weight excluding hydrogens is 668 g/mol. The number of nitrogens with zero attached hydrogens (tertiary/aromatic N) is 1. The summed E-state index contributed by atoms with van der Waals surface area (Å²) in [5, 5.41) is 2.34. The molecule has 47 heavy (non-hydrogen) atoms. The van der Waals surface area contributed by atoms with Crippen molar-refractivity contribution >= 4 is 63.7 Å². The lowest BCUT2D eigenvalue weighted by atomic mass is 9.94. The first-order chi connectivity index (χ1) is 22.6. The van der Waals surface area contributed by atoms with Gasteiger partial charge in [0.25, 0.3) is 0 Å². The number of hydrogen-bond acceptors (Lipinski definition) is 3. The molecule has 4 aromatic rings. The van der Waals surface area contributed by atoms with Crippen LogP contribution in [0.1, 0.15) is 85.2 Å². The molecule has 0 bridgehead atoms. The van der Waals surface area contributed by atoms with E-state index in [2.05, 4.69) is 38.7 Å². The normalized spacial score (nSPS) is 15.0. The summed E-state index contributed by atoms with van der Waals surface area (Å²) < 4.78 is 0. The number of rotatable bonds is 9. The fourth-order valence-corrected chi connectivity index (χ4v) is 7.82. The van der Waals surface area contributed by atoms with E-state index in [0.717, 1.165) is 101 Å². The molecule has 2 aliphatic carbocycles. The van der Waals surface area contributed by atoms with Gasteiger partial charge in [0.1, 0.15) is 0 Å². The van der Waals surface area contributed by atoms with Crippen LogP contribution in [0.4, 0.5) is 0 Å². The average Bonchev–Trinajstić information content (AvgIpc) is 3.54. The summed E-state index contributed by atoms with van der Waals surface area (Å²) in [6, 6.07) is 22.9. The number of fused-ring (bicyclic) bond motifs is 2. The van der Waals surface area contributed by atoms with Gasteiger partial charge < -0.3 is 4.90 Å². The van der Waals surface area contributed by atoms with Crippen molar-refractivity contribution < 1.29 is 9.59 Å². The molecule has 0 heterocycles. The first-order valence-corrected chi connectivity index (χ1v) is 17.9. The van der Waals surface area contributed by atoms with Crippen LogP contribution in [0.25, 0.3) is 28.0 Å². The number of carbonyl (C=O) groups is 2. The van der Waals surface area contributed by atoms with Gasteiger partial charge in [-0.1, -0.05) is 123 Å². The average molecular weight is 708 g/mol. The monoisotopic (exact) mass is 705 g/mol. The number of benzene rings is 4. The second kappa shape index (κ2) is 15.4. The highest BCUT2D eigenvalue weighted by atomic mass is 35.5. The van der Waals surface area contributed by atoms with E-state index in [1.807, 2.05) is 48.5 Å². The van der Waals surface area contributed by atoms with Gasteiger partial charge in [0.15, 0.2) is 11.6 Å². The Kier molecular flexibility index (Phi) is 11.6. The molecule has 2 aliphatic rings. The van der Waals surface area contributed by atoms with Crippen molar-refractivity contribution in [2.45, 2.75) is 59.8 Å². The Labute approximate surface area is 298 Å². The van der Waals surface area contributed by atoms with Gasteiger partial charge in [-0.2, -0.15) is 0 Å². The van der Waals surface area contributed by atoms with E-state index in [1.54, 1.807) is 18.2 Å². The summed E-state index contributed by atoms with van der Waals surface area (Å²) in [5.74, 6) is 0.475. The highest BCUT2D eigenvalue weighted by Gasteiger charge is 2.34. The minimum Gasteiger partial charge on any atom is -0.371 e. The summed E-state index contributed by atoms with van der Waals surface area (Å²) in [7, 11) is 0. The van der Waals surface area contributed by atoms with E-state index in [-0.39, 0.29) is 17.5 Å². The topological polar surface area (TPSA) is 37.4 Å². The summed E-state index contributed by atoms with van der Waals surface area (Å²) in [4.78, 5) is 28.3. The maximum atomic E-state index is 13.4. The van der Waals surface area contributed by atoms with E-state index in [4.69, 9.17) is 46.4 Å². The molecule has 4 aromatic carbocycles. The molecule has 3 nitrogen and oxygen atoms in total. The Morgan fingerprint density at radius 1 is 0.660 bits per heavy atom. The van der Waals surface area contributed by atoms with Gasteiger partial charge >= 0.3 is 0 Å². The number of Topliss-reactive ketones (excluding diaryl/α,β-unsaturated/α-hetero) is 2. The SMILES string of the molecule is CCC1Cc2cccc(-c3ccc(Cl)cc3Cl)c2C1=O.CCCN(CCC)C1=C(CC)C(=O)c2c1cccc2-c1ccc(Cl)cc1Cl. The second-order valence-corrected chi connectivity index (χ2v) is 13.7. The molecule has 0 aliphatic heterocycles. The summed E-state index contributed by atoms with van der Waals surface area (Å²) in [6.45, 7) is 10.4. The third-order valence-corrected chi connectivity index (χ3v) is 10.0. The molecular formula is C40H39Cl4NO2. The van der Waals surface area contributed by atoms with Crippen molar-refractivity contribution in [3.63, 3.8) is 0 Å². The smallest absolute Gasteiger partial charge is 0.192 e. The number of hydrogen-bond donors (Lipinski definition) is 0. The van der Waals surface area contributed by atoms with Crippen molar-refractivity contribution in [3.8, 4) is 22.3 Å². The lowest BCUT2D eigenvalue weighted by Crippen LogP contribution is -2.24. The standard InChI is InChI=1S/C23H25Cl2NO.C17H14Cl2O/c1-4-12-26(13-5-2)22-16(6-3)23(27)21-18(8-7-9-19(21)22)17-11-10-15(24)14-20(17)25;1-2-10-8-11-4-3-5-14(16(11)17(10)20)13-7-6-12(18)9-15(13)19/h7-11,14H,4-6,12-13H2,1-3H3;3-7,9-10H,2,8H2,1H3. The van der Waals surface area contributed by atoms with Gasteiger partial charge in [-0.25, -0.2) is 0 Å². The third-order valence-electron chi connectivity index (χ3n) is 8.93. The Bertz CT molecular complexity index is 1860. The van der Waals surface area contributed by atoms with E-state index >= 15 is 0 Å². The molecule has 0 N–H and O–H groups in total. The molecule has 0 amide bonds. The van der Waals surface area contributed by atoms with E-state index in [9.17, 15) is 9.59 Å². The number of carbonyl (C=O) groups excluding carboxylic acids is 2. The molecule has 0 saturated heterocycles. The lowest BCUT2D eigenvalue weighted by Gasteiger charge is -2.27. The van der Waals surface area contributed by atoms with Crippen LogP contribution in [0.15, 0.2) is 78.4 Å². The van der Waals surface area contributed by atoms with Crippen LogP contribution in [0.3, 0.4) is 0 Å². The molecule has 0 aromatic heterocycles. The van der Waals surface area contributed by atoms with Gasteiger partial charge in [-0.05, 0) is 73.1 Å². The largest absolute Gasteiger partial charge is 0.371 e. The Morgan fingerprint density at radius 3 is 1.70 bits per heavy atom. The maximum Gasteiger partial charge on any atom is 0.192 e. The first kappa shape index (κ1) is 35.2. The molecule has 0 radical (unpaired) electrons. The zero-order chi connectivity index (χ0) is 33.8. The van der Waals surface area contributed by atoms with Gasteiger partial charge in [0.05, 0.1) is 5.70 Å². The van der Waals surface area contributed by atoms with Crippen LogP contribution in [0.5, 0.6) is 0 Å². The van der Waals surface area contributed by atoms with Crippen LogP contribution in [-0.4, -0.2) is 29.6 Å². The predicted octanol–water partition coefficient (Wildman–Crippen LogP) is 12.5. The summed E-state index contributed by atoms with van der Waals surface area (Å²) in [5.41, 5.74) is 9.30. The fraction of sp³-hybridized carbons (Fsp3) is 0.300. The van der Waals surface area contributed by atoms with Gasteiger partial charge in [-0.3, -0.25) is 9.59 Å². The summed E-state index contributed by atoms with van der Waals surface area (Å²) in [6.07, 6.45) is 4.53. The van der Waals surface area contributed by atoms with Crippen LogP contribution >= 0.6 is 46.4 Å². The Hall–Kier alpha value is -3.08. The van der Waals surface area contributed by atoms with Crippen LogP contribution < -0.4 is 0 Å². The quantitative estimate of drug-likeness (QED) is 0.174. The van der Waals surface area contributed by atoms with Gasteiger partial charge in [0, 0.05) is 72.5 Å². The fourth-order valence-electron chi connectivity index (χ4n) is 6.80. The predicted molar refractivity (Wildman–Crippen MR) is 199 cm³/mol. The van der Waals surface area contributed by atoms with Gasteiger partial charge in [-0.15, -0.1) is 0 Å². The highest BCUT2D eigenvalue weighted by molar-refractivity contribution is 6.37. The molecule has 0 fully saturated rings. The maximum absolute atomic E-state index is 13.4. The van der Waals surface area contributed by atoms with Crippen molar-refractivity contribution in [2.24, 2.45) is 5.92 Å². The van der Waals surface area contributed by atoms with Crippen LogP contribution in [-0.2, 0) is 6.42 Å². The van der Waals surface area contributed by atoms with Crippen LogP contribution in [0, 0.1) is 5.92 Å². The van der Waals surface area contributed by atoms with Crippen molar-refractivity contribution in [2.75, 3.05) is 13.1 Å². The zero-order valence-corrected chi connectivity index (χ0v) is 30.3. The minimum absolute atomic E-state index is 0.109. The molecule has 244 valence electrons. The Morgan fingerprint density at radius 2 is 1.19 bits per heavy atom. The van der Waals surface area contributed by atoms with Crippen molar-refractivity contribution in [1.82, 2.24) is 4.90 Å². The van der Waals surface area contributed by atoms with E-state index < -0.39 is 0 Å². The zero-order valence-electron chi connectivity index (χ0n) is 27.2. The highest BCUT2D eigenvalue weighted by Crippen LogP contribution is 2.43. The number of halogens is 4. The third kappa shape index (κ3) is 7.06. The van der Waals surface area contributed by atoms with E-state index in [0.29, 0.717) is 20.1 Å². The Balaban J connectivity index is 0.000000193. The minimum atomic E-state index is 0.109. The number of allylic oxidation sites excluding steroid dienone is 1. The van der Waals surface area contributed by atoms with E-state index in [1.165, 1.54) is 0 Å².